The van der Waals surface area contributed by atoms with Crippen molar-refractivity contribution in [1.82, 2.24) is 39.3 Å². The van der Waals surface area contributed by atoms with Crippen LogP contribution in [0.1, 0.15) is 68.2 Å². The highest BCUT2D eigenvalue weighted by molar-refractivity contribution is 7.89. The van der Waals surface area contributed by atoms with Crippen LogP contribution < -0.4 is 15.4 Å². The van der Waals surface area contributed by atoms with E-state index in [4.69, 9.17) is 4.98 Å². The van der Waals surface area contributed by atoms with E-state index in [-0.39, 0.29) is 41.7 Å². The fourth-order valence-electron chi connectivity index (χ4n) is 6.65. The summed E-state index contributed by atoms with van der Waals surface area (Å²) < 4.78 is 58.2. The lowest BCUT2D eigenvalue weighted by molar-refractivity contribution is -0.135. The molecule has 0 radical (unpaired) electrons. The number of piperidine rings is 3. The monoisotopic (exact) mass is 675 g/mol. The van der Waals surface area contributed by atoms with Gasteiger partial charge in [0, 0.05) is 37.1 Å². The summed E-state index contributed by atoms with van der Waals surface area (Å²) in [5.74, 6) is -0.0366. The molecule has 3 saturated heterocycles. The molecule has 0 bridgehead atoms. The third kappa shape index (κ3) is 7.84. The molecule has 0 aliphatic carbocycles. The van der Waals surface area contributed by atoms with Gasteiger partial charge in [-0.3, -0.25) is 14.9 Å². The number of hydrogen-bond donors (Lipinski definition) is 2. The minimum Gasteiger partial charge on any atom is -0.432 e. The number of halogens is 2. The van der Waals surface area contributed by atoms with Crippen LogP contribution in [0.2, 0.25) is 0 Å². The number of carbonyl (C=O) groups is 2. The van der Waals surface area contributed by atoms with Crippen molar-refractivity contribution in [3.63, 3.8) is 0 Å². The molecule has 2 N–H and O–H groups in total. The number of anilines is 1. The van der Waals surface area contributed by atoms with Crippen LogP contribution in [-0.4, -0.2) is 105 Å². The van der Waals surface area contributed by atoms with E-state index in [0.717, 1.165) is 42.6 Å². The van der Waals surface area contributed by atoms with Crippen LogP contribution in [0.15, 0.2) is 24.7 Å². The number of likely N-dealkylation sites (tertiary alicyclic amines) is 1. The summed E-state index contributed by atoms with van der Waals surface area (Å²) in [4.78, 5) is 39.0. The average molecular weight is 676 g/mol. The van der Waals surface area contributed by atoms with Crippen molar-refractivity contribution in [3.05, 3.63) is 35.9 Å². The standard InChI is InChI=1S/C30H39F2N9O5S/c1-19-24-15-21(16-33-27(24)41(38-19)25-3-4-26(42)37-28(25)43)20-5-10-39(11-6-20)9-2-14-47(44,45)40-12-7-22(8-13-40)36-30-34-17-23(18-35-30)46-29(31)32/h15-18,20,22,25,29H,2-14H2,1H3,(H,34,35,36)(H,37,42,43). The van der Waals surface area contributed by atoms with Crippen LogP contribution in [0, 0.1) is 6.92 Å². The molecule has 17 heteroatoms. The number of amides is 2. The van der Waals surface area contributed by atoms with Gasteiger partial charge in [0.25, 0.3) is 5.91 Å². The molecule has 3 aliphatic heterocycles. The number of hydrogen-bond acceptors (Lipinski definition) is 11. The fraction of sp³-hybridized carbons (Fsp3) is 0.600. The number of ether oxygens (including phenoxy) is 1. The Morgan fingerprint density at radius 3 is 2.43 bits per heavy atom. The van der Waals surface area contributed by atoms with Gasteiger partial charge in [0.05, 0.1) is 23.8 Å². The lowest BCUT2D eigenvalue weighted by Gasteiger charge is -2.33. The van der Waals surface area contributed by atoms with E-state index in [2.05, 4.69) is 41.4 Å². The van der Waals surface area contributed by atoms with E-state index in [0.29, 0.717) is 56.9 Å². The lowest BCUT2D eigenvalue weighted by Crippen LogP contribution is -2.44. The quantitative estimate of drug-likeness (QED) is 0.287. The highest BCUT2D eigenvalue weighted by atomic mass is 32.2. The zero-order chi connectivity index (χ0) is 33.1. The highest BCUT2D eigenvalue weighted by Gasteiger charge is 2.32. The highest BCUT2D eigenvalue weighted by Crippen LogP contribution is 2.32. The third-order valence-electron chi connectivity index (χ3n) is 9.23. The molecule has 3 aromatic rings. The first-order chi connectivity index (χ1) is 22.6. The third-order valence-corrected chi connectivity index (χ3v) is 11.2. The number of rotatable bonds is 11. The predicted molar refractivity (Wildman–Crippen MR) is 167 cm³/mol. The number of imide groups is 1. The molecule has 1 unspecified atom stereocenters. The molecule has 1 atom stereocenters. The summed E-state index contributed by atoms with van der Waals surface area (Å²) in [5, 5.41) is 11.0. The maximum absolute atomic E-state index is 13.1. The molecular formula is C30H39F2N9O5S. The van der Waals surface area contributed by atoms with Crippen molar-refractivity contribution in [3.8, 4) is 5.75 Å². The van der Waals surface area contributed by atoms with Gasteiger partial charge in [0.1, 0.15) is 6.04 Å². The van der Waals surface area contributed by atoms with E-state index in [1.807, 2.05) is 13.1 Å². The van der Waals surface area contributed by atoms with Crippen LogP contribution in [0.5, 0.6) is 5.75 Å². The van der Waals surface area contributed by atoms with E-state index >= 15 is 0 Å². The van der Waals surface area contributed by atoms with Crippen molar-refractivity contribution in [1.29, 1.82) is 0 Å². The lowest BCUT2D eigenvalue weighted by atomic mass is 9.90. The second-order valence-corrected chi connectivity index (χ2v) is 14.4. The van der Waals surface area contributed by atoms with Crippen LogP contribution in [0.3, 0.4) is 0 Å². The van der Waals surface area contributed by atoms with Gasteiger partial charge in [0.2, 0.25) is 21.9 Å². The summed E-state index contributed by atoms with van der Waals surface area (Å²) in [6.45, 7) is 2.18. The largest absolute Gasteiger partial charge is 0.432 e. The van der Waals surface area contributed by atoms with Crippen molar-refractivity contribution < 1.29 is 31.5 Å². The molecular weight excluding hydrogens is 636 g/mol. The van der Waals surface area contributed by atoms with Crippen LogP contribution >= 0.6 is 0 Å². The Bertz CT molecular complexity index is 1690. The SMILES string of the molecule is Cc1nn(C2CCC(=O)NC2=O)c2ncc(C3CCN(CCCS(=O)(=O)N4CCC(Nc5ncc(OC(F)F)cn5)CC4)CC3)cc12. The number of aromatic nitrogens is 5. The molecule has 0 spiro atoms. The smallest absolute Gasteiger partial charge is 0.387 e. The molecule has 47 heavy (non-hydrogen) atoms. The Balaban J connectivity index is 0.936. The molecule has 2 amide bonds. The molecule has 3 fully saturated rings. The Hall–Kier alpha value is -3.83. The van der Waals surface area contributed by atoms with Crippen molar-refractivity contribution in [2.75, 3.05) is 43.8 Å². The number of sulfonamides is 1. The second kappa shape index (κ2) is 14.1. The number of aryl methyl sites for hydroxylation is 1. The van der Waals surface area contributed by atoms with E-state index < -0.39 is 22.7 Å². The van der Waals surface area contributed by atoms with Gasteiger partial charge >= 0.3 is 6.61 Å². The van der Waals surface area contributed by atoms with Gasteiger partial charge in [-0.05, 0) is 82.6 Å². The Labute approximate surface area is 271 Å². The number of fused-ring (bicyclic) bond motifs is 1. The summed E-state index contributed by atoms with van der Waals surface area (Å²) in [7, 11) is -3.39. The summed E-state index contributed by atoms with van der Waals surface area (Å²) >= 11 is 0. The van der Waals surface area contributed by atoms with Gasteiger partial charge in [-0.1, -0.05) is 0 Å². The Morgan fingerprint density at radius 2 is 1.74 bits per heavy atom. The van der Waals surface area contributed by atoms with E-state index in [1.54, 1.807) is 8.99 Å². The maximum atomic E-state index is 13.1. The van der Waals surface area contributed by atoms with Gasteiger partial charge in [-0.25, -0.2) is 32.4 Å². The zero-order valence-electron chi connectivity index (χ0n) is 26.1. The first kappa shape index (κ1) is 33.1. The second-order valence-electron chi connectivity index (χ2n) is 12.4. The molecule has 0 aromatic carbocycles. The van der Waals surface area contributed by atoms with Crippen molar-refractivity contribution in [2.45, 2.75) is 76.5 Å². The predicted octanol–water partition coefficient (Wildman–Crippen LogP) is 2.58. The summed E-state index contributed by atoms with van der Waals surface area (Å²) in [6, 6.07) is 1.54. The van der Waals surface area contributed by atoms with Gasteiger partial charge in [0.15, 0.2) is 11.4 Å². The van der Waals surface area contributed by atoms with Crippen molar-refractivity contribution in [2.24, 2.45) is 0 Å². The number of nitrogens with one attached hydrogen (secondary N) is 2. The van der Waals surface area contributed by atoms with E-state index in [1.165, 1.54) is 12.4 Å². The van der Waals surface area contributed by atoms with Crippen molar-refractivity contribution >= 4 is 38.8 Å². The molecule has 6 heterocycles. The Morgan fingerprint density at radius 1 is 1.02 bits per heavy atom. The Kier molecular flexibility index (Phi) is 9.93. The van der Waals surface area contributed by atoms with Gasteiger partial charge in [-0.15, -0.1) is 0 Å². The summed E-state index contributed by atoms with van der Waals surface area (Å²) in [5.41, 5.74) is 2.57. The minimum atomic E-state index is -3.39. The number of alkyl halides is 2. The molecule has 0 saturated carbocycles. The average Bonchev–Trinajstić information content (AvgIpc) is 3.37. The number of nitrogens with zero attached hydrogens (tertiary/aromatic N) is 7. The summed E-state index contributed by atoms with van der Waals surface area (Å²) in [6.07, 6.45) is 8.48. The van der Waals surface area contributed by atoms with Crippen LogP contribution in [-0.2, 0) is 19.6 Å². The van der Waals surface area contributed by atoms with E-state index in [9.17, 15) is 26.8 Å². The molecule has 6 rings (SSSR count). The van der Waals surface area contributed by atoms with Gasteiger partial charge < -0.3 is 15.0 Å². The van der Waals surface area contributed by atoms with Crippen LogP contribution in [0.25, 0.3) is 11.0 Å². The molecule has 3 aromatic heterocycles. The number of pyridine rings is 1. The normalized spacial score (nSPS) is 21.0. The molecule has 3 aliphatic rings. The fourth-order valence-corrected chi connectivity index (χ4v) is 8.17. The first-order valence-corrected chi connectivity index (χ1v) is 17.6. The number of carbonyl (C=O) groups excluding carboxylic acids is 2. The molecule has 14 nitrogen and oxygen atoms in total. The first-order valence-electron chi connectivity index (χ1n) is 16.0. The zero-order valence-corrected chi connectivity index (χ0v) is 27.0. The minimum absolute atomic E-state index is 0.0223. The topological polar surface area (TPSA) is 165 Å². The maximum Gasteiger partial charge on any atom is 0.387 e. The van der Waals surface area contributed by atoms with Gasteiger partial charge in [-0.2, -0.15) is 13.9 Å². The van der Waals surface area contributed by atoms with Crippen LogP contribution in [0.4, 0.5) is 14.7 Å². The molecule has 254 valence electrons.